The fourth-order valence-corrected chi connectivity index (χ4v) is 8.11. The number of aliphatic carboxylic acids is 2. The van der Waals surface area contributed by atoms with Gasteiger partial charge in [-0.25, -0.2) is 0 Å². The van der Waals surface area contributed by atoms with Gasteiger partial charge in [0, 0.05) is 0 Å². The highest BCUT2D eigenvalue weighted by Crippen LogP contribution is 2.65. The van der Waals surface area contributed by atoms with Gasteiger partial charge in [0.05, 0.1) is 11.8 Å². The van der Waals surface area contributed by atoms with Crippen LogP contribution in [0.4, 0.5) is 0 Å². The molecule has 174 valence electrons. The standard InChI is InChI=1S/C15H24O2.C10H18O2.CH4/c1-3-4-9-5-8(2)13-10-6-11(14(9)13)12(7-10)15(16)17;1-3-4-8-5-7(2)6-9(8)10(11)12;/h8-14H,3-7H2,1-2H3,(H,16,17);7-9H,3-6H2,1-2H3,(H,11,12);1H4. The van der Waals surface area contributed by atoms with Crippen molar-refractivity contribution in [2.75, 3.05) is 0 Å². The van der Waals surface area contributed by atoms with E-state index < -0.39 is 11.9 Å². The lowest BCUT2D eigenvalue weighted by Gasteiger charge is -2.33. The molecule has 0 saturated heterocycles. The summed E-state index contributed by atoms with van der Waals surface area (Å²) in [6.45, 7) is 8.96. The van der Waals surface area contributed by atoms with Crippen molar-refractivity contribution in [2.45, 2.75) is 92.9 Å². The molecule has 0 amide bonds. The minimum absolute atomic E-state index is 0. The first-order chi connectivity index (χ1) is 13.8. The van der Waals surface area contributed by atoms with Gasteiger partial charge in [0.2, 0.25) is 0 Å². The molecule has 2 N–H and O–H groups in total. The molecule has 0 radical (unpaired) electrons. The molecule has 0 spiro atoms. The van der Waals surface area contributed by atoms with Gasteiger partial charge in [-0.1, -0.05) is 54.4 Å². The Morgan fingerprint density at radius 3 is 1.93 bits per heavy atom. The highest BCUT2D eigenvalue weighted by atomic mass is 16.4. The summed E-state index contributed by atoms with van der Waals surface area (Å²) in [4.78, 5) is 22.2. The van der Waals surface area contributed by atoms with E-state index in [0.717, 1.165) is 61.7 Å². The average Bonchev–Trinajstić information content (AvgIpc) is 3.39. The Morgan fingerprint density at radius 1 is 0.767 bits per heavy atom. The monoisotopic (exact) mass is 422 g/mol. The van der Waals surface area contributed by atoms with Crippen molar-refractivity contribution in [3.63, 3.8) is 0 Å². The third-order valence-corrected chi connectivity index (χ3v) is 8.89. The zero-order chi connectivity index (χ0) is 21.3. The molecule has 4 nitrogen and oxygen atoms in total. The Hall–Kier alpha value is -1.06. The van der Waals surface area contributed by atoms with Crippen LogP contribution in [-0.2, 0) is 9.59 Å². The summed E-state index contributed by atoms with van der Waals surface area (Å²) in [5.74, 6) is 4.45. The Bertz CT molecular complexity index is 588. The van der Waals surface area contributed by atoms with Crippen LogP contribution in [0.5, 0.6) is 0 Å². The van der Waals surface area contributed by atoms with Gasteiger partial charge in [0.25, 0.3) is 0 Å². The molecule has 0 aromatic heterocycles. The molecule has 0 aromatic carbocycles. The number of carboxylic acid groups (broad SMARTS) is 2. The summed E-state index contributed by atoms with van der Waals surface area (Å²) >= 11 is 0. The van der Waals surface area contributed by atoms with Crippen LogP contribution in [0.25, 0.3) is 0 Å². The van der Waals surface area contributed by atoms with E-state index in [1.54, 1.807) is 0 Å². The first-order valence-electron chi connectivity index (χ1n) is 12.2. The van der Waals surface area contributed by atoms with Crippen molar-refractivity contribution in [3.05, 3.63) is 0 Å². The van der Waals surface area contributed by atoms with Crippen LogP contribution in [0.15, 0.2) is 0 Å². The van der Waals surface area contributed by atoms with Crippen molar-refractivity contribution in [1.29, 1.82) is 0 Å². The summed E-state index contributed by atoms with van der Waals surface area (Å²) < 4.78 is 0. The maximum absolute atomic E-state index is 11.3. The van der Waals surface area contributed by atoms with E-state index in [1.165, 1.54) is 25.7 Å². The number of fused-ring (bicyclic) bond motifs is 5. The smallest absolute Gasteiger partial charge is 0.306 e. The van der Waals surface area contributed by atoms with Gasteiger partial charge < -0.3 is 10.2 Å². The van der Waals surface area contributed by atoms with Gasteiger partial charge in [-0.05, 0) is 85.9 Å². The second-order valence-corrected chi connectivity index (χ2v) is 10.8. The van der Waals surface area contributed by atoms with E-state index in [9.17, 15) is 14.7 Å². The Labute approximate surface area is 184 Å². The van der Waals surface area contributed by atoms with Crippen LogP contribution >= 0.6 is 0 Å². The third kappa shape index (κ3) is 4.88. The maximum atomic E-state index is 11.3. The molecule has 0 heterocycles. The van der Waals surface area contributed by atoms with E-state index in [-0.39, 0.29) is 19.3 Å². The summed E-state index contributed by atoms with van der Waals surface area (Å²) in [5, 5.41) is 18.3. The fraction of sp³-hybridized carbons (Fsp3) is 0.923. The molecule has 4 saturated carbocycles. The molecule has 0 aliphatic heterocycles. The Balaban J connectivity index is 0.000000220. The van der Waals surface area contributed by atoms with Crippen molar-refractivity contribution in [3.8, 4) is 0 Å². The molecule has 2 bridgehead atoms. The molecule has 4 fully saturated rings. The maximum Gasteiger partial charge on any atom is 0.306 e. The van der Waals surface area contributed by atoms with Crippen LogP contribution in [0, 0.1) is 59.2 Å². The van der Waals surface area contributed by atoms with Crippen molar-refractivity contribution >= 4 is 11.9 Å². The van der Waals surface area contributed by atoms with Crippen molar-refractivity contribution in [1.82, 2.24) is 0 Å². The lowest BCUT2D eigenvalue weighted by atomic mass is 9.71. The zero-order valence-electron chi connectivity index (χ0n) is 18.8. The van der Waals surface area contributed by atoms with E-state index >= 15 is 0 Å². The Morgan fingerprint density at radius 2 is 1.37 bits per heavy atom. The van der Waals surface area contributed by atoms with Gasteiger partial charge in [-0.15, -0.1) is 0 Å². The quantitative estimate of drug-likeness (QED) is 0.506. The first kappa shape index (κ1) is 25.2. The molecule has 10 atom stereocenters. The molecule has 4 rings (SSSR count). The predicted molar refractivity (Wildman–Crippen MR) is 121 cm³/mol. The molecule has 10 unspecified atom stereocenters. The predicted octanol–water partition coefficient (Wildman–Crippen LogP) is 6.59. The first-order valence-corrected chi connectivity index (χ1v) is 12.2. The lowest BCUT2D eigenvalue weighted by Crippen LogP contribution is -2.33. The average molecular weight is 423 g/mol. The lowest BCUT2D eigenvalue weighted by molar-refractivity contribution is -0.145. The third-order valence-electron chi connectivity index (χ3n) is 8.89. The summed E-state index contributed by atoms with van der Waals surface area (Å²) in [6, 6.07) is 0. The van der Waals surface area contributed by atoms with Gasteiger partial charge in [0.15, 0.2) is 0 Å². The summed E-state index contributed by atoms with van der Waals surface area (Å²) in [7, 11) is 0. The van der Waals surface area contributed by atoms with E-state index in [2.05, 4.69) is 27.7 Å². The largest absolute Gasteiger partial charge is 0.481 e. The second-order valence-electron chi connectivity index (χ2n) is 10.8. The normalized spacial score (nSPS) is 43.5. The molecule has 0 aromatic rings. The van der Waals surface area contributed by atoms with Gasteiger partial charge in [0.1, 0.15) is 0 Å². The highest BCUT2D eigenvalue weighted by molar-refractivity contribution is 5.71. The van der Waals surface area contributed by atoms with Crippen LogP contribution in [0.1, 0.15) is 92.9 Å². The van der Waals surface area contributed by atoms with Gasteiger partial charge in [-0.3, -0.25) is 9.59 Å². The SMILES string of the molecule is C.CCCC1CC(C)C2C3CC(C(=O)O)C(C3)C12.CCCC1CC(C)CC1C(=O)O. The molecule has 30 heavy (non-hydrogen) atoms. The number of hydrogen-bond acceptors (Lipinski definition) is 2. The minimum Gasteiger partial charge on any atom is -0.481 e. The molecule has 4 heteroatoms. The fourth-order valence-electron chi connectivity index (χ4n) is 8.11. The van der Waals surface area contributed by atoms with Gasteiger partial charge in [-0.2, -0.15) is 0 Å². The zero-order valence-corrected chi connectivity index (χ0v) is 18.8. The molecular weight excluding hydrogens is 376 g/mol. The van der Waals surface area contributed by atoms with Crippen LogP contribution in [-0.4, -0.2) is 22.2 Å². The molecule has 4 aliphatic rings. The highest BCUT2D eigenvalue weighted by Gasteiger charge is 2.60. The second kappa shape index (κ2) is 10.5. The topological polar surface area (TPSA) is 74.6 Å². The molecule has 4 aliphatic carbocycles. The van der Waals surface area contributed by atoms with E-state index in [1.807, 2.05) is 0 Å². The van der Waals surface area contributed by atoms with Crippen LogP contribution < -0.4 is 0 Å². The van der Waals surface area contributed by atoms with Gasteiger partial charge >= 0.3 is 11.9 Å². The van der Waals surface area contributed by atoms with E-state index in [0.29, 0.717) is 17.8 Å². The van der Waals surface area contributed by atoms with Crippen molar-refractivity contribution in [2.24, 2.45) is 59.2 Å². The van der Waals surface area contributed by atoms with Crippen LogP contribution in [0.3, 0.4) is 0 Å². The minimum atomic E-state index is -0.585. The van der Waals surface area contributed by atoms with Crippen LogP contribution in [0.2, 0.25) is 0 Å². The van der Waals surface area contributed by atoms with E-state index in [4.69, 9.17) is 5.11 Å². The van der Waals surface area contributed by atoms with Crippen molar-refractivity contribution < 1.29 is 19.8 Å². The molecular formula is C26H46O4. The summed E-state index contributed by atoms with van der Waals surface area (Å²) in [5.41, 5.74) is 0. The number of carbonyl (C=O) groups is 2. The number of carboxylic acids is 2. The summed E-state index contributed by atoms with van der Waals surface area (Å²) in [6.07, 6.45) is 10.3. The number of hydrogen-bond donors (Lipinski definition) is 2. The Kier molecular flexibility index (Phi) is 8.82. The number of rotatable bonds is 6.